The lowest BCUT2D eigenvalue weighted by Crippen LogP contribution is -2.30. The average Bonchev–Trinajstić information content (AvgIpc) is 2.48. The van der Waals surface area contributed by atoms with Gasteiger partial charge in [-0.2, -0.15) is 0 Å². The Morgan fingerprint density at radius 2 is 2.06 bits per heavy atom. The minimum Gasteiger partial charge on any atom is -0.274 e. The molecule has 0 aromatic heterocycles. The molecule has 1 heterocycles. The summed E-state index contributed by atoms with van der Waals surface area (Å²) in [6, 6.07) is 2.78. The Bertz CT molecular complexity index is 515. The predicted octanol–water partition coefficient (Wildman–Crippen LogP) is 2.80. The summed E-state index contributed by atoms with van der Waals surface area (Å²) >= 11 is 3.07. The first-order valence-corrected chi connectivity index (χ1v) is 6.03. The Hall–Kier alpha value is -1.23. The van der Waals surface area contributed by atoms with Crippen molar-refractivity contribution in [2.75, 3.05) is 4.90 Å². The second kappa shape index (κ2) is 4.22. The first-order valence-electron chi connectivity index (χ1n) is 5.24. The van der Waals surface area contributed by atoms with Crippen LogP contribution in [0.3, 0.4) is 0 Å². The standard InChI is InChI=1S/C12H11BrFNO2/c1-6-3-8(13)9(14)5-10(6)15-11(16)4-7(2)12(15)17/h3,5,7H,4H2,1-2H3. The van der Waals surface area contributed by atoms with E-state index in [9.17, 15) is 14.0 Å². The second-order valence-corrected chi connectivity index (χ2v) is 5.08. The van der Waals surface area contributed by atoms with Crippen LogP contribution in [-0.2, 0) is 9.59 Å². The van der Waals surface area contributed by atoms with Gasteiger partial charge in [0.25, 0.3) is 0 Å². The van der Waals surface area contributed by atoms with Crippen LogP contribution >= 0.6 is 15.9 Å². The SMILES string of the molecule is Cc1cc(Br)c(F)cc1N1C(=O)CC(C)C1=O. The third-order valence-corrected chi connectivity index (χ3v) is 3.46. The van der Waals surface area contributed by atoms with Crippen LogP contribution in [0.1, 0.15) is 18.9 Å². The van der Waals surface area contributed by atoms with E-state index in [1.54, 1.807) is 19.9 Å². The molecule has 0 bridgehead atoms. The highest BCUT2D eigenvalue weighted by Crippen LogP contribution is 2.31. The summed E-state index contributed by atoms with van der Waals surface area (Å²) in [5.74, 6) is -1.34. The van der Waals surface area contributed by atoms with E-state index < -0.39 is 5.82 Å². The number of amides is 2. The smallest absolute Gasteiger partial charge is 0.237 e. The molecule has 1 fully saturated rings. The van der Waals surface area contributed by atoms with Crippen molar-refractivity contribution in [2.24, 2.45) is 5.92 Å². The lowest BCUT2D eigenvalue weighted by molar-refractivity contribution is -0.122. The first-order chi connectivity index (χ1) is 7.91. The highest BCUT2D eigenvalue weighted by Gasteiger charge is 2.37. The van der Waals surface area contributed by atoms with Gasteiger partial charge in [-0.25, -0.2) is 9.29 Å². The van der Waals surface area contributed by atoms with Crippen LogP contribution in [0.5, 0.6) is 0 Å². The second-order valence-electron chi connectivity index (χ2n) is 4.23. The number of halogens is 2. The normalized spacial score (nSPS) is 20.2. The average molecular weight is 300 g/mol. The van der Waals surface area contributed by atoms with Crippen LogP contribution in [0.4, 0.5) is 10.1 Å². The molecule has 0 radical (unpaired) electrons. The van der Waals surface area contributed by atoms with E-state index in [0.717, 1.165) is 4.90 Å². The molecular weight excluding hydrogens is 289 g/mol. The Labute approximate surface area is 107 Å². The summed E-state index contributed by atoms with van der Waals surface area (Å²) in [7, 11) is 0. The van der Waals surface area contributed by atoms with Gasteiger partial charge >= 0.3 is 0 Å². The molecule has 1 aliphatic heterocycles. The van der Waals surface area contributed by atoms with E-state index in [2.05, 4.69) is 15.9 Å². The summed E-state index contributed by atoms with van der Waals surface area (Å²) < 4.78 is 13.8. The van der Waals surface area contributed by atoms with E-state index in [0.29, 0.717) is 15.7 Å². The zero-order valence-corrected chi connectivity index (χ0v) is 11.0. The first kappa shape index (κ1) is 12.2. The van der Waals surface area contributed by atoms with Gasteiger partial charge < -0.3 is 0 Å². The van der Waals surface area contributed by atoms with Gasteiger partial charge in [0.05, 0.1) is 10.2 Å². The maximum absolute atomic E-state index is 13.5. The maximum Gasteiger partial charge on any atom is 0.237 e. The fraction of sp³-hybridized carbons (Fsp3) is 0.333. The van der Waals surface area contributed by atoms with Gasteiger partial charge in [0.2, 0.25) is 11.8 Å². The number of nitrogens with zero attached hydrogens (tertiary/aromatic N) is 1. The summed E-state index contributed by atoms with van der Waals surface area (Å²) in [6.07, 6.45) is 0.190. The van der Waals surface area contributed by atoms with E-state index in [1.165, 1.54) is 6.07 Å². The molecule has 2 amide bonds. The van der Waals surface area contributed by atoms with E-state index in [4.69, 9.17) is 0 Å². The minimum absolute atomic E-state index is 0.190. The van der Waals surface area contributed by atoms with Gasteiger partial charge in [0, 0.05) is 12.3 Å². The molecule has 5 heteroatoms. The predicted molar refractivity (Wildman–Crippen MR) is 65.1 cm³/mol. The van der Waals surface area contributed by atoms with E-state index >= 15 is 0 Å². The van der Waals surface area contributed by atoms with Gasteiger partial charge in [-0.05, 0) is 40.5 Å². The summed E-state index contributed by atoms with van der Waals surface area (Å²) in [6.45, 7) is 3.44. The number of carbonyl (C=O) groups is 2. The fourth-order valence-corrected chi connectivity index (χ4v) is 2.37. The molecule has 1 unspecified atom stereocenters. The number of anilines is 1. The van der Waals surface area contributed by atoms with Crippen LogP contribution in [-0.4, -0.2) is 11.8 Å². The molecular formula is C12H11BrFNO2. The number of imide groups is 1. The van der Waals surface area contributed by atoms with E-state index in [-0.39, 0.29) is 24.2 Å². The molecule has 1 aliphatic rings. The lowest BCUT2D eigenvalue weighted by atomic mass is 10.1. The Morgan fingerprint density at radius 3 is 2.59 bits per heavy atom. The lowest BCUT2D eigenvalue weighted by Gasteiger charge is -2.17. The largest absolute Gasteiger partial charge is 0.274 e. The zero-order chi connectivity index (χ0) is 12.7. The number of hydrogen-bond acceptors (Lipinski definition) is 2. The zero-order valence-electron chi connectivity index (χ0n) is 9.46. The van der Waals surface area contributed by atoms with Crippen LogP contribution in [0.15, 0.2) is 16.6 Å². The molecule has 90 valence electrons. The van der Waals surface area contributed by atoms with Crippen molar-refractivity contribution in [1.29, 1.82) is 0 Å². The Balaban J connectivity index is 2.51. The molecule has 1 saturated heterocycles. The molecule has 2 rings (SSSR count). The van der Waals surface area contributed by atoms with Crippen molar-refractivity contribution in [1.82, 2.24) is 0 Å². The molecule has 17 heavy (non-hydrogen) atoms. The molecule has 1 aromatic rings. The van der Waals surface area contributed by atoms with Crippen molar-refractivity contribution in [3.63, 3.8) is 0 Å². The van der Waals surface area contributed by atoms with Crippen molar-refractivity contribution in [3.8, 4) is 0 Å². The summed E-state index contributed by atoms with van der Waals surface area (Å²) in [5.41, 5.74) is 1.03. The van der Waals surface area contributed by atoms with E-state index in [1.807, 2.05) is 0 Å². The van der Waals surface area contributed by atoms with Gasteiger partial charge in [-0.1, -0.05) is 6.92 Å². The quantitative estimate of drug-likeness (QED) is 0.748. The molecule has 0 saturated carbocycles. The number of carbonyl (C=O) groups excluding carboxylic acids is 2. The van der Waals surface area contributed by atoms with Gasteiger partial charge in [0.15, 0.2) is 0 Å². The van der Waals surface area contributed by atoms with Crippen LogP contribution in [0, 0.1) is 18.7 Å². The van der Waals surface area contributed by atoms with Crippen molar-refractivity contribution in [2.45, 2.75) is 20.3 Å². The van der Waals surface area contributed by atoms with Crippen LogP contribution < -0.4 is 4.90 Å². The molecule has 0 N–H and O–H groups in total. The minimum atomic E-state index is -0.481. The van der Waals surface area contributed by atoms with Gasteiger partial charge in [-0.15, -0.1) is 0 Å². The highest BCUT2D eigenvalue weighted by molar-refractivity contribution is 9.10. The topological polar surface area (TPSA) is 37.4 Å². The maximum atomic E-state index is 13.5. The van der Waals surface area contributed by atoms with Crippen LogP contribution in [0.2, 0.25) is 0 Å². The molecule has 1 atom stereocenters. The summed E-state index contributed by atoms with van der Waals surface area (Å²) in [4.78, 5) is 24.6. The number of hydrogen-bond donors (Lipinski definition) is 0. The highest BCUT2D eigenvalue weighted by atomic mass is 79.9. The van der Waals surface area contributed by atoms with Crippen molar-refractivity contribution in [3.05, 3.63) is 28.0 Å². The van der Waals surface area contributed by atoms with Gasteiger partial charge in [0.1, 0.15) is 5.82 Å². The molecule has 0 spiro atoms. The molecule has 0 aliphatic carbocycles. The number of benzene rings is 1. The Morgan fingerprint density at radius 1 is 1.41 bits per heavy atom. The number of rotatable bonds is 1. The monoisotopic (exact) mass is 299 g/mol. The Kier molecular flexibility index (Phi) is 3.03. The molecule has 1 aromatic carbocycles. The summed E-state index contributed by atoms with van der Waals surface area (Å²) in [5, 5.41) is 0. The van der Waals surface area contributed by atoms with Crippen molar-refractivity contribution >= 4 is 33.4 Å². The fourth-order valence-electron chi connectivity index (χ4n) is 1.91. The molecule has 3 nitrogen and oxygen atoms in total. The van der Waals surface area contributed by atoms with Gasteiger partial charge in [-0.3, -0.25) is 9.59 Å². The number of aryl methyl sites for hydroxylation is 1. The van der Waals surface area contributed by atoms with Crippen molar-refractivity contribution < 1.29 is 14.0 Å². The van der Waals surface area contributed by atoms with Crippen LogP contribution in [0.25, 0.3) is 0 Å². The third-order valence-electron chi connectivity index (χ3n) is 2.85. The third kappa shape index (κ3) is 1.99.